The van der Waals surface area contributed by atoms with E-state index < -0.39 is 11.9 Å². The van der Waals surface area contributed by atoms with Gasteiger partial charge in [-0.05, 0) is 109 Å². The Labute approximate surface area is 379 Å². The van der Waals surface area contributed by atoms with E-state index in [1.54, 1.807) is 65.4 Å². The largest absolute Gasteiger partial charge is 2.00 e. The van der Waals surface area contributed by atoms with Gasteiger partial charge < -0.3 is 25.1 Å². The third-order valence-electron chi connectivity index (χ3n) is 8.68. The summed E-state index contributed by atoms with van der Waals surface area (Å²) in [6.45, 7) is 6.78. The number of carbonyl (C=O) groups excluding carboxylic acids is 2. The number of ether oxygens (including phenoxy) is 2. The van der Waals surface area contributed by atoms with E-state index in [9.17, 15) is 22.8 Å². The first-order valence-corrected chi connectivity index (χ1v) is 19.9. The molecule has 0 aliphatic rings. The molecule has 0 radical (unpaired) electrons. The Morgan fingerprint density at radius 1 is 0.677 bits per heavy atom. The number of alkyl halides is 3. The van der Waals surface area contributed by atoms with Gasteiger partial charge >= 0.3 is 25.7 Å². The van der Waals surface area contributed by atoms with Crippen molar-refractivity contribution in [3.8, 4) is 77.0 Å². The molecule has 1 aromatic carbocycles. The molecular formula is C44H30F3N7O4RuS3. The van der Waals surface area contributed by atoms with Crippen molar-refractivity contribution < 1.29 is 51.7 Å². The minimum absolute atomic E-state index is 0. The number of hydrogen-bond donors (Lipinski definition) is 0. The fourth-order valence-corrected chi connectivity index (χ4v) is 8.00. The van der Waals surface area contributed by atoms with Gasteiger partial charge in [0, 0.05) is 62.0 Å². The summed E-state index contributed by atoms with van der Waals surface area (Å²) in [5.74, 6) is 0.617. The van der Waals surface area contributed by atoms with Crippen molar-refractivity contribution in [3.05, 3.63) is 143 Å². The van der Waals surface area contributed by atoms with Crippen LogP contribution in [0.3, 0.4) is 0 Å². The van der Waals surface area contributed by atoms with Crippen molar-refractivity contribution in [1.82, 2.24) is 30.1 Å². The molecule has 0 N–H and O–H groups in total. The van der Waals surface area contributed by atoms with Crippen LogP contribution in [0.5, 0.6) is 11.5 Å². The number of rotatable bonds is 10. The number of aromatic nitrogens is 6. The number of aryl methyl sites for hydroxylation is 3. The van der Waals surface area contributed by atoms with E-state index in [1.807, 2.05) is 50.2 Å². The summed E-state index contributed by atoms with van der Waals surface area (Å²) in [5, 5.41) is 15.3. The van der Waals surface area contributed by atoms with Crippen LogP contribution in [0.25, 0.3) is 70.9 Å². The molecule has 8 rings (SSSR count). The van der Waals surface area contributed by atoms with E-state index in [1.165, 1.54) is 26.0 Å². The van der Waals surface area contributed by atoms with Crippen LogP contribution in [0.15, 0.2) is 116 Å². The topological polar surface area (TPSA) is 153 Å². The molecule has 0 unspecified atom stereocenters. The molecule has 0 saturated heterocycles. The van der Waals surface area contributed by atoms with E-state index in [4.69, 9.17) is 14.9 Å². The molecule has 7 heterocycles. The minimum atomic E-state index is -4.50. The van der Waals surface area contributed by atoms with Gasteiger partial charge in [0.15, 0.2) is 0 Å². The number of halogens is 3. The van der Waals surface area contributed by atoms with Crippen LogP contribution >= 0.6 is 34.9 Å². The molecule has 312 valence electrons. The minimum Gasteiger partial charge on any atom is -0.753 e. The molecule has 18 heteroatoms. The van der Waals surface area contributed by atoms with Gasteiger partial charge in [0.1, 0.15) is 17.2 Å². The molecule has 0 fully saturated rings. The number of carbonyl (C=O) groups is 2. The number of pyridine rings is 4. The first kappa shape index (κ1) is 46.6. The van der Waals surface area contributed by atoms with Crippen molar-refractivity contribution in [3.63, 3.8) is 0 Å². The maximum Gasteiger partial charge on any atom is 2.00 e. The third kappa shape index (κ3) is 11.7. The Kier molecular flexibility index (Phi) is 16.1. The summed E-state index contributed by atoms with van der Waals surface area (Å²) in [4.78, 5) is 44.2. The average Bonchev–Trinajstić information content (AvgIpc) is 4.04. The Balaban J connectivity index is 0.000000233. The molecule has 0 saturated carbocycles. The molecule has 7 aromatic heterocycles. The third-order valence-corrected chi connectivity index (χ3v) is 11.0. The molecule has 62 heavy (non-hydrogen) atoms. The van der Waals surface area contributed by atoms with Crippen LogP contribution in [-0.4, -0.2) is 43.1 Å². The quantitative estimate of drug-likeness (QED) is 0.0557. The molecule has 0 amide bonds. The number of nitrogens with zero attached hydrogens (tertiary/aromatic N) is 7. The zero-order valence-corrected chi connectivity index (χ0v) is 36.8. The molecule has 0 atom stereocenters. The first-order chi connectivity index (χ1) is 29.4. The van der Waals surface area contributed by atoms with Gasteiger partial charge in [-0.15, -0.1) is 22.7 Å². The van der Waals surface area contributed by atoms with Crippen LogP contribution < -0.4 is 14.6 Å². The molecular weight excluding hydrogens is 945 g/mol. The maximum atomic E-state index is 12.6. The monoisotopic (exact) mass is 975 g/mol. The Bertz CT molecular complexity index is 2840. The predicted molar refractivity (Wildman–Crippen MR) is 232 cm³/mol. The fourth-order valence-electron chi connectivity index (χ4n) is 6.04. The normalized spacial score (nSPS) is 10.5. The number of hydrogen-bond acceptors (Lipinski definition) is 12. The smallest absolute Gasteiger partial charge is 0.753 e. The van der Waals surface area contributed by atoms with E-state index >= 15 is 0 Å². The standard InChI is InChI=1S/C26H17N3O4S2.C17H13F3N3.CNS.Ru/c1-16-2-3-25(34-16)26-5-4-24(35-26)17-6-8-27-20(10-17)22-12-19(33-15-31)13-23(29-22)21-11-18(32-14-30)7-9-28-21;1-10-4-3-5-11(2)16(10)12-6-7-21-13(8-12)14-9-15(23-22-14)17(18,19)20;2-1-3;/h2-15H,1H3;3-9H,1-2H3;;/q;2*-1;+2. The van der Waals surface area contributed by atoms with Gasteiger partial charge in [-0.2, -0.15) is 18.3 Å². The number of isothiocyanates is 1. The Morgan fingerprint density at radius 2 is 1.21 bits per heavy atom. The molecule has 0 bridgehead atoms. The number of thiophene rings is 2. The molecule has 0 aliphatic carbocycles. The molecule has 0 aliphatic heterocycles. The summed E-state index contributed by atoms with van der Waals surface area (Å²) in [6.07, 6.45) is 0.295. The van der Waals surface area contributed by atoms with Gasteiger partial charge in [-0.3, -0.25) is 24.5 Å². The van der Waals surface area contributed by atoms with Crippen LogP contribution in [-0.2, 0) is 35.2 Å². The van der Waals surface area contributed by atoms with Crippen molar-refractivity contribution in [1.29, 1.82) is 0 Å². The van der Waals surface area contributed by atoms with Crippen LogP contribution in [0.2, 0.25) is 0 Å². The Morgan fingerprint density at radius 3 is 1.82 bits per heavy atom. The maximum absolute atomic E-state index is 12.6. The summed E-state index contributed by atoms with van der Waals surface area (Å²) in [6, 6.07) is 29.2. The summed E-state index contributed by atoms with van der Waals surface area (Å²) in [7, 11) is 0. The van der Waals surface area contributed by atoms with Gasteiger partial charge in [0.05, 0.1) is 22.8 Å². The zero-order chi connectivity index (χ0) is 43.5. The molecule has 11 nitrogen and oxygen atoms in total. The van der Waals surface area contributed by atoms with Gasteiger partial charge in [0.2, 0.25) is 0 Å². The van der Waals surface area contributed by atoms with Gasteiger partial charge in [-0.25, -0.2) is 4.98 Å². The second-order valence-corrected chi connectivity index (χ2v) is 15.3. The van der Waals surface area contributed by atoms with Crippen molar-refractivity contribution in [2.75, 3.05) is 0 Å². The SMILES string of the molecule is Cc1ccc(-c2ccc(-c3ccnc(-c4cc(OC=O)cc(-c5cc(OC=O)ccn5)n4)c3)s2)s1.Cc1cccc(C)c1-c1ccnc(-c2cc(C(F)(F)F)n[n-]2)c1.[N-]=C=S.[Ru+2]. The second kappa shape index (κ2) is 21.4. The predicted octanol–water partition coefficient (Wildman–Crippen LogP) is 11.1. The van der Waals surface area contributed by atoms with Gasteiger partial charge in [0.25, 0.3) is 12.9 Å². The molecule has 8 aromatic rings. The van der Waals surface area contributed by atoms with E-state index in [-0.39, 0.29) is 25.2 Å². The van der Waals surface area contributed by atoms with Crippen LogP contribution in [0, 0.1) is 20.8 Å². The second-order valence-electron chi connectivity index (χ2n) is 12.8. The zero-order valence-electron chi connectivity index (χ0n) is 32.6. The fraction of sp³-hybridized carbons (Fsp3) is 0.0909. The molecule has 0 spiro atoms. The Hall–Kier alpha value is -6.42. The van der Waals surface area contributed by atoms with Crippen LogP contribution in [0.4, 0.5) is 13.2 Å². The van der Waals surface area contributed by atoms with Crippen LogP contribution in [0.1, 0.15) is 21.7 Å². The summed E-state index contributed by atoms with van der Waals surface area (Å²) in [5.41, 5.74) is 6.61. The first-order valence-electron chi connectivity index (χ1n) is 17.8. The van der Waals surface area contributed by atoms with Crippen molar-refractivity contribution in [2.24, 2.45) is 0 Å². The number of thiocarbonyl (C=S) groups is 1. The summed E-state index contributed by atoms with van der Waals surface area (Å²) < 4.78 is 48.0. The average molecular weight is 975 g/mol. The van der Waals surface area contributed by atoms with Crippen molar-refractivity contribution in [2.45, 2.75) is 26.9 Å². The van der Waals surface area contributed by atoms with E-state index in [0.717, 1.165) is 38.8 Å². The summed E-state index contributed by atoms with van der Waals surface area (Å²) >= 11 is 7.18. The van der Waals surface area contributed by atoms with Gasteiger partial charge in [-0.1, -0.05) is 36.1 Å². The van der Waals surface area contributed by atoms with E-state index in [0.29, 0.717) is 52.9 Å². The van der Waals surface area contributed by atoms with Crippen molar-refractivity contribution >= 4 is 53.0 Å². The van der Waals surface area contributed by atoms with E-state index in [2.05, 4.69) is 73.5 Å². The number of benzene rings is 1.